The van der Waals surface area contributed by atoms with Crippen LogP contribution in [0.2, 0.25) is 10.0 Å². The summed E-state index contributed by atoms with van der Waals surface area (Å²) in [5.41, 5.74) is 2.51. The van der Waals surface area contributed by atoms with Crippen LogP contribution in [0.25, 0.3) is 0 Å². The van der Waals surface area contributed by atoms with Crippen LogP contribution < -0.4 is 5.32 Å². The number of benzene rings is 3. The molecule has 5 rings (SSSR count). The number of fused-ring (bicyclic) bond motifs is 1. The molecule has 1 aliphatic carbocycles. The molecule has 3 amide bonds. The zero-order valence-corrected chi connectivity index (χ0v) is 23.6. The number of nitrogens with one attached hydrogen (secondary N) is 1. The predicted molar refractivity (Wildman–Crippen MR) is 156 cm³/mol. The van der Waals surface area contributed by atoms with Crippen LogP contribution in [0.15, 0.2) is 71.9 Å². The first-order valence-electron chi connectivity index (χ1n) is 13.6. The maximum absolute atomic E-state index is 14.1. The highest BCUT2D eigenvalue weighted by Crippen LogP contribution is 2.47. The van der Waals surface area contributed by atoms with Crippen LogP contribution in [-0.4, -0.2) is 46.4 Å². The lowest BCUT2D eigenvalue weighted by Gasteiger charge is -2.48. The maximum Gasteiger partial charge on any atom is 0.316 e. The average Bonchev–Trinajstić information content (AvgIpc) is 2.97. The second-order valence-electron chi connectivity index (χ2n) is 10.4. The summed E-state index contributed by atoms with van der Waals surface area (Å²) in [5, 5.41) is 17.3. The molecule has 41 heavy (non-hydrogen) atoms. The van der Waals surface area contributed by atoms with Gasteiger partial charge in [-0.15, -0.1) is 4.91 Å². The van der Waals surface area contributed by atoms with Gasteiger partial charge in [-0.1, -0.05) is 72.4 Å². The number of amides is 3. The molecule has 0 aromatic heterocycles. The van der Waals surface area contributed by atoms with E-state index in [1.807, 2.05) is 0 Å². The minimum Gasteiger partial charge on any atom is -0.391 e. The Bertz CT molecular complexity index is 1500. The van der Waals surface area contributed by atoms with E-state index in [0.29, 0.717) is 46.0 Å². The number of rotatable bonds is 7. The summed E-state index contributed by atoms with van der Waals surface area (Å²) in [7, 11) is 0. The first kappa shape index (κ1) is 28.9. The molecule has 1 saturated carbocycles. The van der Waals surface area contributed by atoms with E-state index in [0.717, 1.165) is 18.4 Å². The zero-order valence-electron chi connectivity index (χ0n) is 22.1. The van der Waals surface area contributed by atoms with Crippen molar-refractivity contribution in [2.75, 3.05) is 6.54 Å². The number of aliphatic hydroxyl groups excluding tert-OH is 1. The van der Waals surface area contributed by atoms with Crippen molar-refractivity contribution < 1.29 is 19.5 Å². The quantitative estimate of drug-likeness (QED) is 0.334. The van der Waals surface area contributed by atoms with Crippen molar-refractivity contribution in [1.82, 2.24) is 10.2 Å². The third-order valence-corrected chi connectivity index (χ3v) is 8.52. The Kier molecular flexibility index (Phi) is 8.82. The fraction of sp³-hybridized carbons (Fsp3) is 0.323. The largest absolute Gasteiger partial charge is 0.391 e. The van der Waals surface area contributed by atoms with Crippen LogP contribution in [0.3, 0.4) is 0 Å². The third kappa shape index (κ3) is 5.91. The molecule has 1 aliphatic heterocycles. The van der Waals surface area contributed by atoms with E-state index < -0.39 is 30.0 Å². The van der Waals surface area contributed by atoms with Crippen molar-refractivity contribution >= 4 is 40.9 Å². The van der Waals surface area contributed by atoms with Gasteiger partial charge in [0.25, 0.3) is 5.91 Å². The van der Waals surface area contributed by atoms with E-state index in [4.69, 9.17) is 23.2 Å². The number of hydrogen-bond donors (Lipinski definition) is 2. The van der Waals surface area contributed by atoms with Gasteiger partial charge in [-0.25, -0.2) is 0 Å². The lowest BCUT2D eigenvalue weighted by Crippen LogP contribution is -2.55. The van der Waals surface area contributed by atoms with Gasteiger partial charge < -0.3 is 15.3 Å². The third-order valence-electron chi connectivity index (χ3n) is 7.96. The predicted octanol–water partition coefficient (Wildman–Crippen LogP) is 5.84. The fourth-order valence-electron chi connectivity index (χ4n) is 6.04. The van der Waals surface area contributed by atoms with Gasteiger partial charge in [0.2, 0.25) is 5.91 Å². The number of carbonyl (C=O) groups excluding carboxylic acids is 3. The van der Waals surface area contributed by atoms with Crippen molar-refractivity contribution in [2.45, 2.75) is 56.2 Å². The highest BCUT2D eigenvalue weighted by atomic mass is 35.5. The highest BCUT2D eigenvalue weighted by Gasteiger charge is 2.48. The number of aliphatic hydroxyl groups is 1. The molecular weight excluding hydrogens is 565 g/mol. The van der Waals surface area contributed by atoms with Crippen molar-refractivity contribution in [3.8, 4) is 0 Å². The zero-order chi connectivity index (χ0) is 29.1. The Morgan fingerprint density at radius 1 is 0.976 bits per heavy atom. The second kappa shape index (κ2) is 12.5. The molecule has 2 aliphatic rings. The van der Waals surface area contributed by atoms with Crippen molar-refractivity contribution in [2.24, 2.45) is 5.18 Å². The maximum atomic E-state index is 14.1. The summed E-state index contributed by atoms with van der Waals surface area (Å²) in [4.78, 5) is 52.1. The summed E-state index contributed by atoms with van der Waals surface area (Å²) in [6.07, 6.45) is 2.56. The molecule has 1 heterocycles. The molecule has 0 radical (unpaired) electrons. The van der Waals surface area contributed by atoms with Crippen LogP contribution in [0.4, 0.5) is 0 Å². The molecule has 0 saturated heterocycles. The van der Waals surface area contributed by atoms with E-state index >= 15 is 0 Å². The number of halogens is 2. The van der Waals surface area contributed by atoms with Crippen LogP contribution >= 0.6 is 23.2 Å². The Morgan fingerprint density at radius 3 is 2.51 bits per heavy atom. The summed E-state index contributed by atoms with van der Waals surface area (Å²) in [6.45, 7) is 0.241. The summed E-state index contributed by atoms with van der Waals surface area (Å²) < 4.78 is 0. The lowest BCUT2D eigenvalue weighted by atomic mass is 9.76. The first-order valence-corrected chi connectivity index (χ1v) is 14.3. The van der Waals surface area contributed by atoms with Gasteiger partial charge in [0.15, 0.2) is 0 Å². The molecule has 2 N–H and O–H groups in total. The standard InChI is InChI=1S/C31H29Cl2N3O5/c32-20-12-13-23(24(33)17-20)28-27(30(39)34-15-14-18-6-5-7-19(16-18)29(38)35-41)21-8-1-2-9-22(21)31(40)36(28)25-10-3-4-11-26(25)37/h1-2,5-9,12-13,16-17,25-28,37H,3-4,10-11,14-15H2,(H,34,39)/t25-,26-,27+,28-/m0/s1. The fourth-order valence-corrected chi connectivity index (χ4v) is 6.56. The van der Waals surface area contributed by atoms with Gasteiger partial charge in [-0.05, 0) is 66.3 Å². The monoisotopic (exact) mass is 593 g/mol. The molecule has 0 unspecified atom stereocenters. The summed E-state index contributed by atoms with van der Waals surface area (Å²) in [6, 6.07) is 17.3. The van der Waals surface area contributed by atoms with E-state index in [1.54, 1.807) is 65.6 Å². The molecule has 0 bridgehead atoms. The molecule has 212 valence electrons. The normalized spacial score (nSPS) is 22.1. The van der Waals surface area contributed by atoms with Crippen LogP contribution in [-0.2, 0) is 11.2 Å². The van der Waals surface area contributed by atoms with Gasteiger partial charge in [-0.2, -0.15) is 0 Å². The molecule has 4 atom stereocenters. The first-order chi connectivity index (χ1) is 19.8. The average molecular weight is 594 g/mol. The minimum atomic E-state index is -0.855. The molecular formula is C31H29Cl2N3O5. The van der Waals surface area contributed by atoms with Crippen molar-refractivity contribution in [3.63, 3.8) is 0 Å². The molecule has 1 fully saturated rings. The Hall–Kier alpha value is -3.59. The van der Waals surface area contributed by atoms with Gasteiger partial charge in [-0.3, -0.25) is 14.4 Å². The van der Waals surface area contributed by atoms with Crippen molar-refractivity contribution in [3.05, 3.63) is 109 Å². The van der Waals surface area contributed by atoms with Crippen LogP contribution in [0.5, 0.6) is 0 Å². The summed E-state index contributed by atoms with van der Waals surface area (Å²) in [5.74, 6) is -2.23. The van der Waals surface area contributed by atoms with E-state index in [-0.39, 0.29) is 23.9 Å². The van der Waals surface area contributed by atoms with Crippen molar-refractivity contribution in [1.29, 1.82) is 0 Å². The van der Waals surface area contributed by atoms with Crippen LogP contribution in [0, 0.1) is 4.91 Å². The molecule has 0 spiro atoms. The van der Waals surface area contributed by atoms with Gasteiger partial charge in [0.1, 0.15) is 0 Å². The van der Waals surface area contributed by atoms with E-state index in [2.05, 4.69) is 10.5 Å². The second-order valence-corrected chi connectivity index (χ2v) is 11.3. The SMILES string of the molecule is O=NC(=O)c1cccc(CCNC(=O)[C@@H]2c3ccccc3C(=O)N([C@H]3CCCC[C@@H]3O)[C@H]2c2ccc(Cl)cc2Cl)c1. The number of nitroso groups, excluding NO2 is 1. The minimum absolute atomic E-state index is 0.183. The Morgan fingerprint density at radius 2 is 1.76 bits per heavy atom. The molecule has 3 aromatic carbocycles. The molecule has 10 heteroatoms. The molecule has 8 nitrogen and oxygen atoms in total. The van der Waals surface area contributed by atoms with E-state index in [9.17, 15) is 24.4 Å². The van der Waals surface area contributed by atoms with Gasteiger partial charge >= 0.3 is 5.91 Å². The number of nitrogens with zero attached hydrogens (tertiary/aromatic N) is 2. The number of carbonyl (C=O) groups is 3. The molecule has 3 aromatic rings. The van der Waals surface area contributed by atoms with Gasteiger partial charge in [0.05, 0.1) is 24.1 Å². The van der Waals surface area contributed by atoms with Gasteiger partial charge in [0, 0.05) is 32.9 Å². The van der Waals surface area contributed by atoms with Crippen LogP contribution in [0.1, 0.15) is 75.0 Å². The smallest absolute Gasteiger partial charge is 0.316 e. The highest BCUT2D eigenvalue weighted by molar-refractivity contribution is 6.35. The Balaban J connectivity index is 1.52. The van der Waals surface area contributed by atoms with E-state index in [1.165, 1.54) is 6.07 Å². The lowest BCUT2D eigenvalue weighted by molar-refractivity contribution is -0.125. The number of hydrogen-bond acceptors (Lipinski definition) is 5. The topological polar surface area (TPSA) is 116 Å². The Labute approximate surface area is 247 Å². The summed E-state index contributed by atoms with van der Waals surface area (Å²) >= 11 is 12.9.